The number of likely N-dealkylation sites (N-methyl/N-ethyl adjacent to an activating group) is 1. The number of nitrogens with one attached hydrogen (secondary N) is 1. The summed E-state index contributed by atoms with van der Waals surface area (Å²) in [5, 5.41) is 22.0. The fourth-order valence-corrected chi connectivity index (χ4v) is 1.80. The molecule has 1 unspecified atom stereocenters. The summed E-state index contributed by atoms with van der Waals surface area (Å²) >= 11 is 0. The van der Waals surface area contributed by atoms with Crippen molar-refractivity contribution in [3.8, 4) is 0 Å². The van der Waals surface area contributed by atoms with Gasteiger partial charge in [0, 0.05) is 24.4 Å². The van der Waals surface area contributed by atoms with Gasteiger partial charge in [-0.3, -0.25) is 19.8 Å². The predicted molar refractivity (Wildman–Crippen MR) is 76.0 cm³/mol. The number of halogens is 3. The zero-order valence-corrected chi connectivity index (χ0v) is 12.4. The molecule has 0 fully saturated rings. The Bertz CT molecular complexity index is 592. The first-order valence-corrected chi connectivity index (χ1v) is 6.49. The van der Waals surface area contributed by atoms with Crippen molar-refractivity contribution in [1.82, 2.24) is 4.90 Å². The minimum absolute atomic E-state index is 0.133. The van der Waals surface area contributed by atoms with Gasteiger partial charge < -0.3 is 10.4 Å². The summed E-state index contributed by atoms with van der Waals surface area (Å²) in [5.74, 6) is -0.598. The van der Waals surface area contributed by atoms with Crippen LogP contribution in [0.3, 0.4) is 0 Å². The Morgan fingerprint density at radius 3 is 2.57 bits per heavy atom. The lowest BCUT2D eigenvalue weighted by Crippen LogP contribution is -2.42. The second kappa shape index (κ2) is 7.38. The summed E-state index contributed by atoms with van der Waals surface area (Å²) in [6, 6.07) is 3.82. The first-order chi connectivity index (χ1) is 10.5. The number of nitrogens with zero attached hydrogens (tertiary/aromatic N) is 2. The van der Waals surface area contributed by atoms with E-state index in [0.717, 1.165) is 4.90 Å². The van der Waals surface area contributed by atoms with Gasteiger partial charge in [-0.15, -0.1) is 0 Å². The number of aryl methyl sites for hydroxylation is 1. The molecule has 0 radical (unpaired) electrons. The van der Waals surface area contributed by atoms with E-state index < -0.39 is 29.7 Å². The molecule has 1 atom stereocenters. The molecular formula is C13H16F3N3O4. The largest absolute Gasteiger partial charge is 0.415 e. The minimum atomic E-state index is -4.75. The van der Waals surface area contributed by atoms with Gasteiger partial charge in [0.1, 0.15) is 0 Å². The van der Waals surface area contributed by atoms with Gasteiger partial charge in [-0.1, -0.05) is 0 Å². The van der Waals surface area contributed by atoms with E-state index in [1.807, 2.05) is 0 Å². The maximum Gasteiger partial charge on any atom is 0.415 e. The molecule has 0 aliphatic heterocycles. The van der Waals surface area contributed by atoms with Crippen LogP contribution in [0, 0.1) is 17.0 Å². The molecule has 0 saturated carbocycles. The number of aliphatic hydroxyl groups excluding tert-OH is 1. The lowest BCUT2D eigenvalue weighted by atomic mass is 10.2. The molecule has 10 heteroatoms. The van der Waals surface area contributed by atoms with Gasteiger partial charge in [-0.25, -0.2) is 0 Å². The molecule has 0 aromatic heterocycles. The molecule has 0 bridgehead atoms. The first kappa shape index (κ1) is 18.8. The molecule has 2 N–H and O–H groups in total. The van der Waals surface area contributed by atoms with Crippen LogP contribution in [0.5, 0.6) is 0 Å². The van der Waals surface area contributed by atoms with Crippen LogP contribution in [0.2, 0.25) is 0 Å². The molecule has 128 valence electrons. The van der Waals surface area contributed by atoms with Crippen molar-refractivity contribution < 1.29 is 28.0 Å². The topological polar surface area (TPSA) is 95.7 Å². The number of alkyl halides is 3. The van der Waals surface area contributed by atoms with Gasteiger partial charge in [-0.05, 0) is 25.6 Å². The Balaban J connectivity index is 2.62. The number of aliphatic hydroxyl groups is 1. The number of amides is 1. The van der Waals surface area contributed by atoms with E-state index in [4.69, 9.17) is 5.11 Å². The second-order valence-electron chi connectivity index (χ2n) is 5.06. The number of anilines is 1. The summed E-state index contributed by atoms with van der Waals surface area (Å²) < 4.78 is 36.7. The monoisotopic (exact) mass is 335 g/mol. The number of rotatable bonds is 6. The van der Waals surface area contributed by atoms with Gasteiger partial charge in [-0.2, -0.15) is 13.2 Å². The molecular weight excluding hydrogens is 319 g/mol. The fourth-order valence-electron chi connectivity index (χ4n) is 1.80. The molecule has 1 amide bonds. The van der Waals surface area contributed by atoms with Crippen molar-refractivity contribution in [2.24, 2.45) is 0 Å². The van der Waals surface area contributed by atoms with Gasteiger partial charge >= 0.3 is 6.18 Å². The van der Waals surface area contributed by atoms with E-state index >= 15 is 0 Å². The lowest BCUT2D eigenvalue weighted by Gasteiger charge is -2.21. The van der Waals surface area contributed by atoms with Gasteiger partial charge in [0.2, 0.25) is 5.91 Å². The SMILES string of the molecule is Cc1cc([N+](=O)[O-])ccc1NC(=O)CN(C)CC(O)C(F)(F)F. The Hall–Kier alpha value is -2.20. The normalized spacial score (nSPS) is 13.0. The predicted octanol–water partition coefficient (Wildman–Crippen LogP) is 1.70. The van der Waals surface area contributed by atoms with Crippen LogP contribution in [0.15, 0.2) is 18.2 Å². The van der Waals surface area contributed by atoms with Crippen LogP contribution in [0.25, 0.3) is 0 Å². The highest BCUT2D eigenvalue weighted by atomic mass is 19.4. The highest BCUT2D eigenvalue weighted by Gasteiger charge is 2.38. The number of carbonyl (C=O) groups excluding carboxylic acids is 1. The van der Waals surface area contributed by atoms with E-state index in [1.54, 1.807) is 6.92 Å². The van der Waals surface area contributed by atoms with Crippen molar-refractivity contribution in [1.29, 1.82) is 0 Å². The van der Waals surface area contributed by atoms with E-state index in [1.165, 1.54) is 25.2 Å². The summed E-state index contributed by atoms with van der Waals surface area (Å²) in [5.41, 5.74) is 0.641. The number of carbonyl (C=O) groups is 1. The van der Waals surface area contributed by atoms with E-state index in [-0.39, 0.29) is 12.2 Å². The van der Waals surface area contributed by atoms with E-state index in [9.17, 15) is 28.1 Å². The molecule has 0 aliphatic rings. The number of hydrogen-bond donors (Lipinski definition) is 2. The van der Waals surface area contributed by atoms with Crippen molar-refractivity contribution in [2.45, 2.75) is 19.2 Å². The third-order valence-electron chi connectivity index (χ3n) is 2.97. The highest BCUT2D eigenvalue weighted by molar-refractivity contribution is 5.93. The van der Waals surface area contributed by atoms with Gasteiger partial charge in [0.25, 0.3) is 5.69 Å². The van der Waals surface area contributed by atoms with E-state index in [2.05, 4.69) is 5.32 Å². The average Bonchev–Trinajstić information content (AvgIpc) is 2.39. The molecule has 0 aliphatic carbocycles. The Morgan fingerprint density at radius 1 is 1.48 bits per heavy atom. The quantitative estimate of drug-likeness (QED) is 0.609. The molecule has 0 heterocycles. The number of nitro groups is 1. The fraction of sp³-hybridized carbons (Fsp3) is 0.462. The molecule has 1 aromatic carbocycles. The summed E-state index contributed by atoms with van der Waals surface area (Å²) in [7, 11) is 1.26. The molecule has 0 saturated heterocycles. The first-order valence-electron chi connectivity index (χ1n) is 6.49. The van der Waals surface area contributed by atoms with Crippen LogP contribution in [-0.2, 0) is 4.79 Å². The molecule has 0 spiro atoms. The van der Waals surface area contributed by atoms with Crippen LogP contribution in [0.4, 0.5) is 24.5 Å². The molecule has 23 heavy (non-hydrogen) atoms. The number of nitro benzene ring substituents is 1. The number of non-ortho nitro benzene ring substituents is 1. The van der Waals surface area contributed by atoms with Crippen molar-refractivity contribution in [3.05, 3.63) is 33.9 Å². The highest BCUT2D eigenvalue weighted by Crippen LogP contribution is 2.22. The zero-order chi connectivity index (χ0) is 17.8. The summed E-state index contributed by atoms with van der Waals surface area (Å²) in [6.07, 6.45) is -7.29. The van der Waals surface area contributed by atoms with E-state index in [0.29, 0.717) is 11.3 Å². The number of benzene rings is 1. The Kier molecular flexibility index (Phi) is 6.05. The summed E-state index contributed by atoms with van der Waals surface area (Å²) in [6.45, 7) is 0.444. The lowest BCUT2D eigenvalue weighted by molar-refractivity contribution is -0.384. The smallest absolute Gasteiger partial charge is 0.382 e. The average molecular weight is 335 g/mol. The maximum absolute atomic E-state index is 12.2. The number of hydrogen-bond acceptors (Lipinski definition) is 5. The molecule has 1 rings (SSSR count). The zero-order valence-electron chi connectivity index (χ0n) is 12.4. The molecule has 1 aromatic rings. The third-order valence-corrected chi connectivity index (χ3v) is 2.97. The van der Waals surface area contributed by atoms with Crippen LogP contribution >= 0.6 is 0 Å². The minimum Gasteiger partial charge on any atom is -0.382 e. The van der Waals surface area contributed by atoms with Crippen molar-refractivity contribution in [2.75, 3.05) is 25.5 Å². The Labute approximate surface area is 129 Å². The summed E-state index contributed by atoms with van der Waals surface area (Å²) in [4.78, 5) is 22.8. The Morgan fingerprint density at radius 2 is 2.09 bits per heavy atom. The second-order valence-corrected chi connectivity index (χ2v) is 5.06. The molecule has 7 nitrogen and oxygen atoms in total. The third kappa shape index (κ3) is 5.83. The van der Waals surface area contributed by atoms with Crippen LogP contribution in [0.1, 0.15) is 5.56 Å². The van der Waals surface area contributed by atoms with Crippen molar-refractivity contribution in [3.63, 3.8) is 0 Å². The van der Waals surface area contributed by atoms with Crippen LogP contribution in [-0.4, -0.2) is 53.3 Å². The van der Waals surface area contributed by atoms with Gasteiger partial charge in [0.05, 0.1) is 11.5 Å². The maximum atomic E-state index is 12.2. The van der Waals surface area contributed by atoms with Gasteiger partial charge in [0.15, 0.2) is 6.10 Å². The standard InChI is InChI=1S/C13H16F3N3O4/c1-8-5-9(19(22)23)3-4-10(8)17-12(21)7-18(2)6-11(20)13(14,15)16/h3-5,11,20H,6-7H2,1-2H3,(H,17,21). The van der Waals surface area contributed by atoms with Crippen LogP contribution < -0.4 is 5.32 Å². The van der Waals surface area contributed by atoms with Crippen molar-refractivity contribution >= 4 is 17.3 Å².